The van der Waals surface area contributed by atoms with E-state index in [0.717, 1.165) is 4.47 Å². The molecule has 2 amide bonds. The van der Waals surface area contributed by atoms with Crippen molar-refractivity contribution in [2.75, 3.05) is 5.32 Å². The van der Waals surface area contributed by atoms with Crippen LogP contribution in [0, 0.1) is 5.41 Å². The fourth-order valence-electron chi connectivity index (χ4n) is 1.63. The summed E-state index contributed by atoms with van der Waals surface area (Å²) in [6.07, 6.45) is -0.118. The number of halogens is 1. The van der Waals surface area contributed by atoms with Gasteiger partial charge in [0.1, 0.15) is 0 Å². The number of benzene rings is 1. The Kier molecular flexibility index (Phi) is 5.56. The van der Waals surface area contributed by atoms with Gasteiger partial charge < -0.3 is 15.7 Å². The highest BCUT2D eigenvalue weighted by molar-refractivity contribution is 9.10. The van der Waals surface area contributed by atoms with Gasteiger partial charge in [0.05, 0.1) is 12.1 Å². The van der Waals surface area contributed by atoms with E-state index in [1.165, 1.54) is 0 Å². The van der Waals surface area contributed by atoms with Crippen molar-refractivity contribution in [2.45, 2.75) is 33.2 Å². The highest BCUT2D eigenvalue weighted by Crippen LogP contribution is 2.23. The highest BCUT2D eigenvalue weighted by atomic mass is 79.9. The number of rotatable bonds is 4. The number of para-hydroxylation sites is 1. The number of urea groups is 1. The average molecular weight is 343 g/mol. The second kappa shape index (κ2) is 6.74. The van der Waals surface area contributed by atoms with E-state index in [-0.39, 0.29) is 11.8 Å². The van der Waals surface area contributed by atoms with Crippen LogP contribution in [0.3, 0.4) is 0 Å². The maximum absolute atomic E-state index is 12.0. The number of hydrogen-bond donors (Lipinski definition) is 3. The molecule has 1 unspecified atom stereocenters. The van der Waals surface area contributed by atoms with Gasteiger partial charge in [0, 0.05) is 10.5 Å². The normalized spacial score (nSPS) is 12.6. The molecule has 6 heteroatoms. The van der Waals surface area contributed by atoms with E-state index in [9.17, 15) is 9.59 Å². The van der Waals surface area contributed by atoms with Gasteiger partial charge >= 0.3 is 12.0 Å². The lowest BCUT2D eigenvalue weighted by molar-refractivity contribution is -0.138. The van der Waals surface area contributed by atoms with Crippen LogP contribution in [0.5, 0.6) is 0 Å². The molecule has 1 atom stereocenters. The van der Waals surface area contributed by atoms with Gasteiger partial charge in [-0.1, -0.05) is 32.9 Å². The SMILES string of the molecule is CC(C)(C)C(CC(=O)O)NC(=O)Nc1ccccc1Br. The Morgan fingerprint density at radius 3 is 2.40 bits per heavy atom. The maximum Gasteiger partial charge on any atom is 0.319 e. The fourth-order valence-corrected chi connectivity index (χ4v) is 2.01. The molecule has 0 radical (unpaired) electrons. The molecule has 1 aromatic carbocycles. The van der Waals surface area contributed by atoms with Gasteiger partial charge in [-0.2, -0.15) is 0 Å². The monoisotopic (exact) mass is 342 g/mol. The van der Waals surface area contributed by atoms with Crippen molar-refractivity contribution in [1.29, 1.82) is 0 Å². The molecule has 1 rings (SSSR count). The molecule has 0 saturated carbocycles. The average Bonchev–Trinajstić information content (AvgIpc) is 2.29. The summed E-state index contributed by atoms with van der Waals surface area (Å²) in [5, 5.41) is 14.3. The summed E-state index contributed by atoms with van der Waals surface area (Å²) in [5.41, 5.74) is 0.289. The van der Waals surface area contributed by atoms with Crippen molar-refractivity contribution in [2.24, 2.45) is 5.41 Å². The number of carboxylic acid groups (broad SMARTS) is 1. The molecule has 0 spiro atoms. The minimum absolute atomic E-state index is 0.118. The molecule has 0 aliphatic rings. The minimum atomic E-state index is -0.939. The van der Waals surface area contributed by atoms with Crippen molar-refractivity contribution in [3.05, 3.63) is 28.7 Å². The third-order valence-electron chi connectivity index (χ3n) is 2.85. The zero-order valence-electron chi connectivity index (χ0n) is 11.7. The van der Waals surface area contributed by atoms with E-state index in [1.54, 1.807) is 12.1 Å². The van der Waals surface area contributed by atoms with Gasteiger partial charge in [-0.15, -0.1) is 0 Å². The van der Waals surface area contributed by atoms with Gasteiger partial charge in [0.2, 0.25) is 0 Å². The van der Waals surface area contributed by atoms with Gasteiger partial charge in [-0.05, 0) is 33.5 Å². The molecule has 0 heterocycles. The number of carboxylic acids is 1. The topological polar surface area (TPSA) is 78.4 Å². The first-order valence-electron chi connectivity index (χ1n) is 6.24. The van der Waals surface area contributed by atoms with Gasteiger partial charge in [-0.3, -0.25) is 4.79 Å². The van der Waals surface area contributed by atoms with Crippen LogP contribution in [0.2, 0.25) is 0 Å². The number of hydrogen-bond acceptors (Lipinski definition) is 2. The number of amides is 2. The van der Waals surface area contributed by atoms with Crippen LogP contribution in [0.1, 0.15) is 27.2 Å². The Morgan fingerprint density at radius 2 is 1.90 bits per heavy atom. The number of carbonyl (C=O) groups is 2. The van der Waals surface area contributed by atoms with Gasteiger partial charge in [0.25, 0.3) is 0 Å². The smallest absolute Gasteiger partial charge is 0.319 e. The Balaban J connectivity index is 2.72. The third-order valence-corrected chi connectivity index (χ3v) is 3.54. The standard InChI is InChI=1S/C14H19BrN2O3/c1-14(2,3)11(8-12(18)19)17-13(20)16-10-7-5-4-6-9(10)15/h4-7,11H,8H2,1-3H3,(H,18,19)(H2,16,17,20). The second-order valence-corrected chi connectivity index (χ2v) is 6.45. The van der Waals surface area contributed by atoms with E-state index in [2.05, 4.69) is 26.6 Å². The Bertz CT molecular complexity index is 497. The summed E-state index contributed by atoms with van der Waals surface area (Å²) in [5.74, 6) is -0.939. The molecule has 110 valence electrons. The third kappa shape index (κ3) is 5.21. The molecule has 0 aromatic heterocycles. The van der Waals surface area contributed by atoms with E-state index in [1.807, 2.05) is 32.9 Å². The van der Waals surface area contributed by atoms with Gasteiger partial charge in [0.15, 0.2) is 0 Å². The van der Waals surface area contributed by atoms with Crippen molar-refractivity contribution in [3.63, 3.8) is 0 Å². The van der Waals surface area contributed by atoms with Crippen molar-refractivity contribution < 1.29 is 14.7 Å². The van der Waals surface area contributed by atoms with Crippen LogP contribution in [-0.2, 0) is 4.79 Å². The lowest BCUT2D eigenvalue weighted by atomic mass is 9.85. The van der Waals surface area contributed by atoms with Crippen LogP contribution >= 0.6 is 15.9 Å². The van der Waals surface area contributed by atoms with E-state index in [0.29, 0.717) is 5.69 Å². The molecule has 0 fully saturated rings. The number of anilines is 1. The molecule has 0 aliphatic heterocycles. The van der Waals surface area contributed by atoms with Crippen LogP contribution in [0.25, 0.3) is 0 Å². The molecule has 3 N–H and O–H groups in total. The van der Waals surface area contributed by atoms with E-state index < -0.39 is 18.0 Å². The minimum Gasteiger partial charge on any atom is -0.481 e. The number of aliphatic carboxylic acids is 1. The van der Waals surface area contributed by atoms with Crippen molar-refractivity contribution in [3.8, 4) is 0 Å². The summed E-state index contributed by atoms with van der Waals surface area (Å²) in [7, 11) is 0. The first-order valence-corrected chi connectivity index (χ1v) is 7.03. The quantitative estimate of drug-likeness (QED) is 0.783. The lowest BCUT2D eigenvalue weighted by Gasteiger charge is -2.30. The summed E-state index contributed by atoms with van der Waals surface area (Å²) < 4.78 is 0.765. The second-order valence-electron chi connectivity index (χ2n) is 5.59. The molecule has 20 heavy (non-hydrogen) atoms. The molecular weight excluding hydrogens is 324 g/mol. The van der Waals surface area contributed by atoms with Crippen LogP contribution < -0.4 is 10.6 Å². The van der Waals surface area contributed by atoms with E-state index in [4.69, 9.17) is 5.11 Å². The largest absolute Gasteiger partial charge is 0.481 e. The van der Waals surface area contributed by atoms with Crippen LogP contribution in [0.15, 0.2) is 28.7 Å². The Labute approximate surface area is 126 Å². The summed E-state index contributed by atoms with van der Waals surface area (Å²) >= 11 is 3.33. The molecular formula is C14H19BrN2O3. The first kappa shape index (κ1) is 16.5. The predicted molar refractivity (Wildman–Crippen MR) is 81.8 cm³/mol. The summed E-state index contributed by atoms with van der Waals surface area (Å²) in [6.45, 7) is 5.66. The summed E-state index contributed by atoms with van der Waals surface area (Å²) in [6, 6.07) is 6.34. The number of nitrogens with one attached hydrogen (secondary N) is 2. The molecule has 0 aliphatic carbocycles. The Morgan fingerprint density at radius 1 is 1.30 bits per heavy atom. The maximum atomic E-state index is 12.0. The predicted octanol–water partition coefficient (Wildman–Crippen LogP) is 3.46. The molecule has 5 nitrogen and oxygen atoms in total. The van der Waals surface area contributed by atoms with Crippen molar-refractivity contribution >= 4 is 33.6 Å². The number of carbonyl (C=O) groups excluding carboxylic acids is 1. The zero-order valence-corrected chi connectivity index (χ0v) is 13.3. The summed E-state index contributed by atoms with van der Waals surface area (Å²) in [4.78, 5) is 22.8. The molecule has 0 bridgehead atoms. The highest BCUT2D eigenvalue weighted by Gasteiger charge is 2.28. The van der Waals surface area contributed by atoms with Gasteiger partial charge in [-0.25, -0.2) is 4.79 Å². The van der Waals surface area contributed by atoms with Crippen LogP contribution in [-0.4, -0.2) is 23.1 Å². The molecule has 1 aromatic rings. The van der Waals surface area contributed by atoms with E-state index >= 15 is 0 Å². The fraction of sp³-hybridized carbons (Fsp3) is 0.429. The van der Waals surface area contributed by atoms with Crippen LogP contribution in [0.4, 0.5) is 10.5 Å². The zero-order chi connectivity index (χ0) is 15.3. The Hall–Kier alpha value is -1.56. The molecule has 0 saturated heterocycles. The first-order chi connectivity index (χ1) is 9.20. The van der Waals surface area contributed by atoms with Crippen molar-refractivity contribution in [1.82, 2.24) is 5.32 Å². The lowest BCUT2D eigenvalue weighted by Crippen LogP contribution is -2.46.